The molecule has 2 heterocycles. The zero-order valence-corrected chi connectivity index (χ0v) is 40.0. The zero-order valence-electron chi connectivity index (χ0n) is 37.7. The molecule has 61 heavy (non-hydrogen) atoms. The van der Waals surface area contributed by atoms with E-state index in [0.29, 0.717) is 0 Å². The summed E-state index contributed by atoms with van der Waals surface area (Å²) in [5.74, 6) is 1.05. The summed E-state index contributed by atoms with van der Waals surface area (Å²) in [5, 5.41) is 13.3. The average molecular weight is 984 g/mol. The number of para-hydroxylation sites is 1. The van der Waals surface area contributed by atoms with Crippen molar-refractivity contribution in [2.45, 2.75) is 105 Å². The maximum Gasteiger partial charge on any atom is 0.127 e. The summed E-state index contributed by atoms with van der Waals surface area (Å²) >= 11 is 0. The molecule has 0 saturated carbocycles. The van der Waals surface area contributed by atoms with Gasteiger partial charge in [-0.25, -0.2) is 0 Å². The van der Waals surface area contributed by atoms with Crippen LogP contribution in [0, 0.1) is 6.07 Å². The van der Waals surface area contributed by atoms with Gasteiger partial charge in [-0.15, -0.1) is 29.8 Å². The van der Waals surface area contributed by atoms with Gasteiger partial charge in [-0.1, -0.05) is 161 Å². The Kier molecular flexibility index (Phi) is 11.4. The second-order valence-electron chi connectivity index (χ2n) is 20.6. The third-order valence-corrected chi connectivity index (χ3v) is 11.8. The molecule has 4 nitrogen and oxygen atoms in total. The first kappa shape index (κ1) is 43.8. The van der Waals surface area contributed by atoms with E-state index in [1.807, 2.05) is 12.3 Å². The van der Waals surface area contributed by atoms with Crippen molar-refractivity contribution >= 4 is 21.9 Å². The molecule has 0 aliphatic heterocycles. The summed E-state index contributed by atoms with van der Waals surface area (Å²) in [5.41, 5.74) is 14.6. The van der Waals surface area contributed by atoms with Crippen LogP contribution in [0.1, 0.15) is 105 Å². The molecule has 0 bridgehead atoms. The van der Waals surface area contributed by atoms with Gasteiger partial charge in [0.2, 0.25) is 0 Å². The molecule has 8 aromatic rings. The van der Waals surface area contributed by atoms with Crippen LogP contribution in [0.25, 0.3) is 72.4 Å². The van der Waals surface area contributed by atoms with Crippen molar-refractivity contribution in [3.8, 4) is 56.2 Å². The van der Waals surface area contributed by atoms with E-state index in [9.17, 15) is 5.11 Å². The number of aromatic hydroxyl groups is 1. The van der Waals surface area contributed by atoms with Gasteiger partial charge in [0.1, 0.15) is 5.75 Å². The van der Waals surface area contributed by atoms with Gasteiger partial charge < -0.3 is 9.67 Å². The van der Waals surface area contributed by atoms with E-state index in [0.717, 1.165) is 78.0 Å². The van der Waals surface area contributed by atoms with Crippen molar-refractivity contribution in [3.63, 3.8) is 0 Å². The van der Waals surface area contributed by atoms with Gasteiger partial charge in [0.25, 0.3) is 0 Å². The molecule has 0 saturated heterocycles. The van der Waals surface area contributed by atoms with Crippen LogP contribution in [0.4, 0.5) is 0 Å². The molecular weight excluding hydrogens is 926 g/mol. The Morgan fingerprint density at radius 3 is 1.77 bits per heavy atom. The molecule has 0 radical (unpaired) electrons. The van der Waals surface area contributed by atoms with Crippen molar-refractivity contribution in [1.82, 2.24) is 14.5 Å². The minimum absolute atomic E-state index is 0. The topological polar surface area (TPSA) is 50.9 Å². The van der Waals surface area contributed by atoms with Crippen LogP contribution in [0.3, 0.4) is 0 Å². The van der Waals surface area contributed by atoms with Gasteiger partial charge in [0.15, 0.2) is 0 Å². The minimum atomic E-state index is -0.302. The van der Waals surface area contributed by atoms with Crippen molar-refractivity contribution < 1.29 is 26.2 Å². The van der Waals surface area contributed by atoms with Crippen LogP contribution < -0.4 is 0 Å². The molecule has 2 aromatic heterocycles. The Hall–Kier alpha value is -5.31. The molecule has 0 fully saturated rings. The molecule has 8 rings (SSSR count). The maximum atomic E-state index is 12.2. The molecule has 0 spiro atoms. The van der Waals surface area contributed by atoms with Crippen LogP contribution in [0.2, 0.25) is 0 Å². The predicted molar refractivity (Wildman–Crippen MR) is 253 cm³/mol. The summed E-state index contributed by atoms with van der Waals surface area (Å²) in [4.78, 5) is 10.7. The second kappa shape index (κ2) is 15.9. The van der Waals surface area contributed by atoms with Crippen molar-refractivity contribution in [2.75, 3.05) is 0 Å². The number of hydrogen-bond donors (Lipinski definition) is 1. The number of imidazole rings is 1. The molecule has 0 amide bonds. The van der Waals surface area contributed by atoms with Gasteiger partial charge in [-0.2, -0.15) is 0 Å². The standard InChI is InChI=1S/C56H58N3O.Pt/c1-53(2,3)40-24-26-43(27-25-40)59-48-23-17-22-44(46-31-38(35-18-14-13-15-19-35)32-47(51(46)60)56(10,11)12)50(48)58-52(59)37-21-16-20-36(28-37)45-33-41(54(4,5)6)29-39-30-42(55(7,8)9)34-57-49(39)45;/h13-27,29-34,60H,1-12H3;/q-1;. The molecule has 0 atom stereocenters. The van der Waals surface area contributed by atoms with Crippen LogP contribution >= 0.6 is 0 Å². The number of hydrogen-bond acceptors (Lipinski definition) is 3. The number of fused-ring (bicyclic) bond motifs is 2. The largest absolute Gasteiger partial charge is 0.507 e. The van der Waals surface area contributed by atoms with Gasteiger partial charge in [0, 0.05) is 55.2 Å². The van der Waals surface area contributed by atoms with Gasteiger partial charge in [-0.3, -0.25) is 9.97 Å². The van der Waals surface area contributed by atoms with E-state index in [1.54, 1.807) is 0 Å². The van der Waals surface area contributed by atoms with E-state index in [2.05, 4.69) is 209 Å². The minimum Gasteiger partial charge on any atom is -0.507 e. The first-order valence-electron chi connectivity index (χ1n) is 21.2. The number of benzene rings is 6. The quantitative estimate of drug-likeness (QED) is 0.175. The van der Waals surface area contributed by atoms with Crippen LogP contribution in [-0.2, 0) is 42.7 Å². The summed E-state index contributed by atoms with van der Waals surface area (Å²) < 4.78 is 2.25. The van der Waals surface area contributed by atoms with E-state index in [-0.39, 0.29) is 48.5 Å². The number of phenolic OH excluding ortho intramolecular Hbond substituents is 1. The first-order valence-corrected chi connectivity index (χ1v) is 21.2. The normalized spacial score (nSPS) is 12.5. The Balaban J connectivity index is 0.00000561. The van der Waals surface area contributed by atoms with Crippen LogP contribution in [0.5, 0.6) is 5.75 Å². The number of phenols is 1. The van der Waals surface area contributed by atoms with E-state index >= 15 is 0 Å². The van der Waals surface area contributed by atoms with Gasteiger partial charge in [-0.05, 0) is 91.3 Å². The SMILES string of the molecule is CC(C)(C)c1ccc(-n2c(-c3[c-]c(-c4cc(C(C)(C)C)cc5cc(C(C)(C)C)cnc45)ccc3)nc3c(-c4cc(-c5ccccc5)cc(C(C)(C)C)c4O)cccc32)cc1.[Pt]. The Labute approximate surface area is 377 Å². The summed E-state index contributed by atoms with van der Waals surface area (Å²) in [6, 6.07) is 46.9. The second-order valence-corrected chi connectivity index (χ2v) is 20.6. The third kappa shape index (κ3) is 8.49. The Bertz CT molecular complexity index is 2890. The molecule has 314 valence electrons. The van der Waals surface area contributed by atoms with Crippen molar-refractivity contribution in [3.05, 3.63) is 156 Å². The Morgan fingerprint density at radius 1 is 0.508 bits per heavy atom. The molecule has 0 aliphatic carbocycles. The zero-order chi connectivity index (χ0) is 42.9. The summed E-state index contributed by atoms with van der Waals surface area (Å²) in [6.45, 7) is 26.7. The Morgan fingerprint density at radius 2 is 1.13 bits per heavy atom. The fourth-order valence-electron chi connectivity index (χ4n) is 8.13. The van der Waals surface area contributed by atoms with Crippen LogP contribution in [0.15, 0.2) is 128 Å². The van der Waals surface area contributed by atoms with E-state index < -0.39 is 0 Å². The molecule has 1 N–H and O–H groups in total. The third-order valence-electron chi connectivity index (χ3n) is 11.8. The molecule has 0 aliphatic rings. The molecular formula is C56H58N3OPt-. The molecule has 5 heteroatoms. The molecule has 0 unspecified atom stereocenters. The first-order chi connectivity index (χ1) is 28.2. The van der Waals surface area contributed by atoms with E-state index in [4.69, 9.17) is 9.97 Å². The monoisotopic (exact) mass is 983 g/mol. The summed E-state index contributed by atoms with van der Waals surface area (Å²) in [7, 11) is 0. The van der Waals surface area contributed by atoms with Crippen molar-refractivity contribution in [1.29, 1.82) is 0 Å². The maximum absolute atomic E-state index is 12.2. The van der Waals surface area contributed by atoms with Crippen molar-refractivity contribution in [2.24, 2.45) is 0 Å². The van der Waals surface area contributed by atoms with Gasteiger partial charge >= 0.3 is 0 Å². The number of rotatable bonds is 5. The molecule has 6 aromatic carbocycles. The van der Waals surface area contributed by atoms with E-state index in [1.165, 1.54) is 16.7 Å². The fraction of sp³-hybridized carbons (Fsp3) is 0.286. The smallest absolute Gasteiger partial charge is 0.127 e. The predicted octanol–water partition coefficient (Wildman–Crippen LogP) is 14.9. The fourth-order valence-corrected chi connectivity index (χ4v) is 8.13. The van der Waals surface area contributed by atoms with Crippen LogP contribution in [-0.4, -0.2) is 19.6 Å². The van der Waals surface area contributed by atoms with Gasteiger partial charge in [0.05, 0.1) is 16.9 Å². The number of aromatic nitrogens is 3. The number of pyridine rings is 1. The summed E-state index contributed by atoms with van der Waals surface area (Å²) in [6.07, 6.45) is 2.03. The average Bonchev–Trinajstić information content (AvgIpc) is 3.59. The number of nitrogens with zero attached hydrogens (tertiary/aromatic N) is 3.